The molecule has 5 heteroatoms. The fraction of sp³-hybridized carbons (Fsp3) is 0.467. The van der Waals surface area contributed by atoms with Crippen molar-refractivity contribution in [2.24, 2.45) is 5.73 Å². The topological polar surface area (TPSA) is 74.2 Å². The van der Waals surface area contributed by atoms with Crippen LogP contribution < -0.4 is 5.73 Å². The van der Waals surface area contributed by atoms with E-state index in [1.165, 1.54) is 5.56 Å². The number of hydrogen-bond acceptors (Lipinski definition) is 5. The highest BCUT2D eigenvalue weighted by Gasteiger charge is 2.35. The summed E-state index contributed by atoms with van der Waals surface area (Å²) in [6, 6.07) is 8.19. The number of benzene rings is 1. The molecule has 2 heterocycles. The molecule has 0 radical (unpaired) electrons. The van der Waals surface area contributed by atoms with E-state index in [1.807, 2.05) is 12.1 Å². The fourth-order valence-corrected chi connectivity index (χ4v) is 2.38. The minimum Gasteiger partial charge on any atom is -0.381 e. The standard InChI is InChI=1S/C15H19N3O2/c1-2-11-3-5-12(6-4-11)13-17-14(20-18-13)15(16)7-9-19-10-8-15/h3-6H,2,7-10,16H2,1H3. The van der Waals surface area contributed by atoms with Crippen molar-refractivity contribution >= 4 is 0 Å². The van der Waals surface area contributed by atoms with Gasteiger partial charge in [-0.15, -0.1) is 0 Å². The first-order valence-electron chi connectivity index (χ1n) is 7.01. The van der Waals surface area contributed by atoms with E-state index in [2.05, 4.69) is 29.2 Å². The monoisotopic (exact) mass is 273 g/mol. The van der Waals surface area contributed by atoms with E-state index in [0.29, 0.717) is 37.8 Å². The van der Waals surface area contributed by atoms with Crippen molar-refractivity contribution in [3.8, 4) is 11.4 Å². The Balaban J connectivity index is 1.85. The summed E-state index contributed by atoms with van der Waals surface area (Å²) in [5.41, 5.74) is 8.03. The lowest BCUT2D eigenvalue weighted by atomic mass is 9.91. The minimum atomic E-state index is -0.549. The summed E-state index contributed by atoms with van der Waals surface area (Å²) >= 11 is 0. The zero-order valence-electron chi connectivity index (χ0n) is 11.6. The van der Waals surface area contributed by atoms with E-state index in [4.69, 9.17) is 15.0 Å². The van der Waals surface area contributed by atoms with Crippen LogP contribution in [0.2, 0.25) is 0 Å². The molecule has 0 atom stereocenters. The molecular weight excluding hydrogens is 254 g/mol. The number of aryl methyl sites for hydroxylation is 1. The molecule has 1 saturated heterocycles. The lowest BCUT2D eigenvalue weighted by Crippen LogP contribution is -2.42. The van der Waals surface area contributed by atoms with Gasteiger partial charge in [0.25, 0.3) is 0 Å². The summed E-state index contributed by atoms with van der Waals surface area (Å²) in [5, 5.41) is 4.06. The van der Waals surface area contributed by atoms with Gasteiger partial charge in [-0.25, -0.2) is 0 Å². The average molecular weight is 273 g/mol. The van der Waals surface area contributed by atoms with Crippen LogP contribution in [0.25, 0.3) is 11.4 Å². The maximum absolute atomic E-state index is 6.34. The second kappa shape index (κ2) is 5.34. The van der Waals surface area contributed by atoms with E-state index in [1.54, 1.807) is 0 Å². The van der Waals surface area contributed by atoms with Crippen molar-refractivity contribution in [2.45, 2.75) is 31.7 Å². The highest BCUT2D eigenvalue weighted by molar-refractivity contribution is 5.54. The lowest BCUT2D eigenvalue weighted by Gasteiger charge is -2.29. The van der Waals surface area contributed by atoms with Gasteiger partial charge in [0.15, 0.2) is 0 Å². The van der Waals surface area contributed by atoms with Crippen LogP contribution in [0.15, 0.2) is 28.8 Å². The molecule has 3 rings (SSSR count). The van der Waals surface area contributed by atoms with Gasteiger partial charge in [0.1, 0.15) is 5.54 Å². The number of hydrogen-bond donors (Lipinski definition) is 1. The molecule has 0 spiro atoms. The number of ether oxygens (including phenoxy) is 1. The van der Waals surface area contributed by atoms with Gasteiger partial charge in [0.2, 0.25) is 11.7 Å². The van der Waals surface area contributed by atoms with E-state index in [9.17, 15) is 0 Å². The molecule has 106 valence electrons. The third-order valence-corrected chi connectivity index (χ3v) is 3.86. The number of nitrogens with two attached hydrogens (primary N) is 1. The van der Waals surface area contributed by atoms with Crippen molar-refractivity contribution in [3.63, 3.8) is 0 Å². The van der Waals surface area contributed by atoms with E-state index in [-0.39, 0.29) is 0 Å². The first-order valence-corrected chi connectivity index (χ1v) is 7.01. The molecule has 0 bridgehead atoms. The third kappa shape index (κ3) is 2.46. The molecule has 1 aromatic carbocycles. The summed E-state index contributed by atoms with van der Waals surface area (Å²) in [4.78, 5) is 4.47. The molecular formula is C15H19N3O2. The van der Waals surface area contributed by atoms with Crippen molar-refractivity contribution in [1.82, 2.24) is 10.1 Å². The summed E-state index contributed by atoms with van der Waals surface area (Å²) in [7, 11) is 0. The largest absolute Gasteiger partial charge is 0.381 e. The zero-order valence-corrected chi connectivity index (χ0v) is 11.6. The molecule has 20 heavy (non-hydrogen) atoms. The van der Waals surface area contributed by atoms with Gasteiger partial charge in [0, 0.05) is 18.8 Å². The molecule has 1 aromatic heterocycles. The van der Waals surface area contributed by atoms with Gasteiger partial charge in [-0.05, 0) is 24.8 Å². The minimum absolute atomic E-state index is 0.510. The van der Waals surface area contributed by atoms with E-state index in [0.717, 1.165) is 12.0 Å². The maximum atomic E-state index is 6.34. The van der Waals surface area contributed by atoms with Gasteiger partial charge in [0.05, 0.1) is 0 Å². The van der Waals surface area contributed by atoms with Gasteiger partial charge >= 0.3 is 0 Å². The van der Waals surface area contributed by atoms with Crippen molar-refractivity contribution in [2.75, 3.05) is 13.2 Å². The van der Waals surface area contributed by atoms with Crippen LogP contribution in [0.3, 0.4) is 0 Å². The molecule has 0 amide bonds. The summed E-state index contributed by atoms with van der Waals surface area (Å²) in [6.45, 7) is 3.41. The second-order valence-electron chi connectivity index (χ2n) is 5.24. The van der Waals surface area contributed by atoms with Crippen molar-refractivity contribution in [1.29, 1.82) is 0 Å². The quantitative estimate of drug-likeness (QED) is 0.928. The third-order valence-electron chi connectivity index (χ3n) is 3.86. The molecule has 1 aliphatic heterocycles. The normalized spacial score (nSPS) is 18.1. The second-order valence-corrected chi connectivity index (χ2v) is 5.24. The van der Waals surface area contributed by atoms with Crippen molar-refractivity contribution < 1.29 is 9.26 Å². The fourth-order valence-electron chi connectivity index (χ4n) is 2.38. The number of rotatable bonds is 3. The van der Waals surface area contributed by atoms with Crippen LogP contribution in [-0.4, -0.2) is 23.4 Å². The first-order chi connectivity index (χ1) is 9.71. The average Bonchev–Trinajstić information content (AvgIpc) is 2.99. The smallest absolute Gasteiger partial charge is 0.247 e. The molecule has 5 nitrogen and oxygen atoms in total. The molecule has 2 N–H and O–H groups in total. The Labute approximate surface area is 118 Å². The van der Waals surface area contributed by atoms with Gasteiger partial charge in [-0.2, -0.15) is 4.98 Å². The molecule has 2 aromatic rings. The Hall–Kier alpha value is -1.72. The predicted octanol–water partition coefficient (Wildman–Crippen LogP) is 2.26. The van der Waals surface area contributed by atoms with Crippen LogP contribution in [-0.2, 0) is 16.7 Å². The summed E-state index contributed by atoms with van der Waals surface area (Å²) < 4.78 is 10.7. The molecule has 0 saturated carbocycles. The highest BCUT2D eigenvalue weighted by Crippen LogP contribution is 2.29. The van der Waals surface area contributed by atoms with Crippen LogP contribution in [0.4, 0.5) is 0 Å². The van der Waals surface area contributed by atoms with Gasteiger partial charge in [-0.1, -0.05) is 36.3 Å². The van der Waals surface area contributed by atoms with Crippen LogP contribution >= 0.6 is 0 Å². The van der Waals surface area contributed by atoms with Gasteiger partial charge in [-0.3, -0.25) is 0 Å². The first kappa shape index (κ1) is 13.3. The molecule has 1 aliphatic rings. The Morgan fingerprint density at radius 1 is 1.20 bits per heavy atom. The zero-order chi connectivity index (χ0) is 14.0. The molecule has 1 fully saturated rings. The maximum Gasteiger partial charge on any atom is 0.247 e. The van der Waals surface area contributed by atoms with E-state index >= 15 is 0 Å². The molecule has 0 unspecified atom stereocenters. The lowest BCUT2D eigenvalue weighted by molar-refractivity contribution is 0.0400. The van der Waals surface area contributed by atoms with Crippen LogP contribution in [0.1, 0.15) is 31.2 Å². The number of nitrogens with zero attached hydrogens (tertiary/aromatic N) is 2. The van der Waals surface area contributed by atoms with Gasteiger partial charge < -0.3 is 15.0 Å². The Morgan fingerprint density at radius 2 is 1.90 bits per heavy atom. The SMILES string of the molecule is CCc1ccc(-c2noc(C3(N)CCOCC3)n2)cc1. The Kier molecular flexibility index (Phi) is 3.54. The highest BCUT2D eigenvalue weighted by atomic mass is 16.5. The summed E-state index contributed by atoms with van der Waals surface area (Å²) in [5.74, 6) is 1.11. The van der Waals surface area contributed by atoms with Crippen molar-refractivity contribution in [3.05, 3.63) is 35.7 Å². The van der Waals surface area contributed by atoms with Crippen LogP contribution in [0, 0.1) is 0 Å². The Bertz CT molecular complexity index is 571. The summed E-state index contributed by atoms with van der Waals surface area (Å²) in [6.07, 6.45) is 2.44. The molecule has 0 aliphatic carbocycles. The van der Waals surface area contributed by atoms with E-state index < -0.39 is 5.54 Å². The predicted molar refractivity (Wildman–Crippen MR) is 75.0 cm³/mol. The number of aromatic nitrogens is 2. The van der Waals surface area contributed by atoms with Crippen LogP contribution in [0.5, 0.6) is 0 Å². The Morgan fingerprint density at radius 3 is 2.55 bits per heavy atom.